The number of aromatic nitrogens is 2. The summed E-state index contributed by atoms with van der Waals surface area (Å²) in [6.45, 7) is 0.776. The fourth-order valence-electron chi connectivity index (χ4n) is 3.13. The lowest BCUT2D eigenvalue weighted by Gasteiger charge is -2.09. The van der Waals surface area contributed by atoms with E-state index in [4.69, 9.17) is 27.9 Å². The highest BCUT2D eigenvalue weighted by Gasteiger charge is 2.06. The van der Waals surface area contributed by atoms with Crippen LogP contribution < -0.4 is 4.74 Å². The molecule has 0 fully saturated rings. The van der Waals surface area contributed by atoms with Gasteiger partial charge >= 0.3 is 0 Å². The lowest BCUT2D eigenvalue weighted by Crippen LogP contribution is -1.99. The molecule has 0 aliphatic carbocycles. The van der Waals surface area contributed by atoms with Gasteiger partial charge in [0.2, 0.25) is 0 Å². The van der Waals surface area contributed by atoms with Crippen LogP contribution in [-0.4, -0.2) is 9.55 Å². The summed E-state index contributed by atoms with van der Waals surface area (Å²) in [7, 11) is 0. The number of allylic oxidation sites excluding steroid dienone is 1. The van der Waals surface area contributed by atoms with Crippen molar-refractivity contribution in [3.8, 4) is 11.8 Å². The third-order valence-electron chi connectivity index (χ3n) is 4.62. The maximum absolute atomic E-state index is 9.62. The van der Waals surface area contributed by atoms with E-state index in [-0.39, 0.29) is 0 Å². The molecular weight excluding hydrogens is 417 g/mol. The van der Waals surface area contributed by atoms with Crippen LogP contribution in [0.2, 0.25) is 10.0 Å². The van der Waals surface area contributed by atoms with E-state index in [2.05, 4.69) is 11.1 Å². The van der Waals surface area contributed by atoms with Crippen LogP contribution in [0.3, 0.4) is 0 Å². The Kier molecular flexibility index (Phi) is 6.04. The van der Waals surface area contributed by atoms with E-state index < -0.39 is 0 Å². The second-order valence-electron chi connectivity index (χ2n) is 6.74. The predicted molar refractivity (Wildman–Crippen MR) is 121 cm³/mol. The molecule has 30 heavy (non-hydrogen) atoms. The van der Waals surface area contributed by atoms with Crippen LogP contribution in [0.1, 0.15) is 11.1 Å². The molecule has 0 saturated heterocycles. The lowest BCUT2D eigenvalue weighted by atomic mass is 10.1. The number of nitrogens with zero attached hydrogens (tertiary/aromatic N) is 3. The zero-order valence-corrected chi connectivity index (χ0v) is 17.4. The fourth-order valence-corrected chi connectivity index (χ4v) is 3.59. The zero-order valence-electron chi connectivity index (χ0n) is 15.9. The molecule has 0 amide bonds. The van der Waals surface area contributed by atoms with Crippen molar-refractivity contribution in [2.45, 2.75) is 13.2 Å². The van der Waals surface area contributed by atoms with Crippen LogP contribution in [0.25, 0.3) is 17.1 Å². The molecule has 4 nitrogen and oxygen atoms in total. The zero-order chi connectivity index (χ0) is 20.9. The Bertz CT molecular complexity index is 1270. The van der Waals surface area contributed by atoms with Crippen molar-refractivity contribution in [3.63, 3.8) is 0 Å². The first-order chi connectivity index (χ1) is 14.6. The van der Waals surface area contributed by atoms with Gasteiger partial charge in [-0.1, -0.05) is 53.5 Å². The molecule has 0 atom stereocenters. The highest BCUT2D eigenvalue weighted by atomic mass is 35.5. The number of hydrogen-bond acceptors (Lipinski definition) is 3. The minimum absolute atomic E-state index is 0.329. The van der Waals surface area contributed by atoms with Crippen LogP contribution in [0.5, 0.6) is 5.75 Å². The van der Waals surface area contributed by atoms with Crippen molar-refractivity contribution in [2.24, 2.45) is 0 Å². The summed E-state index contributed by atoms with van der Waals surface area (Å²) in [5.74, 6) is 0.695. The molecule has 1 aromatic heterocycles. The molecule has 1 heterocycles. The van der Waals surface area contributed by atoms with Gasteiger partial charge in [0.05, 0.1) is 30.0 Å². The Labute approximate surface area is 184 Å². The van der Waals surface area contributed by atoms with Crippen molar-refractivity contribution in [2.75, 3.05) is 0 Å². The van der Waals surface area contributed by atoms with Gasteiger partial charge in [-0.05, 0) is 48.0 Å². The van der Waals surface area contributed by atoms with Crippen molar-refractivity contribution < 1.29 is 4.74 Å². The minimum atomic E-state index is 0.329. The second-order valence-corrected chi connectivity index (χ2v) is 7.58. The summed E-state index contributed by atoms with van der Waals surface area (Å²) in [4.78, 5) is 4.38. The first kappa shape index (κ1) is 20.0. The number of benzene rings is 3. The first-order valence-corrected chi connectivity index (χ1v) is 10.1. The summed E-state index contributed by atoms with van der Waals surface area (Å²) in [6.07, 6.45) is 3.61. The average Bonchev–Trinajstić information content (AvgIpc) is 3.16. The van der Waals surface area contributed by atoms with Crippen LogP contribution in [0, 0.1) is 11.3 Å². The van der Waals surface area contributed by atoms with Crippen molar-refractivity contribution >= 4 is 40.3 Å². The van der Waals surface area contributed by atoms with Crippen LogP contribution in [0.15, 0.2) is 78.6 Å². The number of ether oxygens (including phenoxy) is 1. The molecule has 0 spiro atoms. The Morgan fingerprint density at radius 3 is 2.77 bits per heavy atom. The highest BCUT2D eigenvalue weighted by molar-refractivity contribution is 6.35. The fraction of sp³-hybridized carbons (Fsp3) is 0.0833. The van der Waals surface area contributed by atoms with Gasteiger partial charge in [-0.15, -0.1) is 0 Å². The molecule has 0 saturated carbocycles. The van der Waals surface area contributed by atoms with E-state index in [1.165, 1.54) is 0 Å². The molecular formula is C24H17Cl2N3O. The first-order valence-electron chi connectivity index (χ1n) is 9.30. The van der Waals surface area contributed by atoms with Gasteiger partial charge < -0.3 is 9.30 Å². The van der Waals surface area contributed by atoms with E-state index in [0.717, 1.165) is 22.2 Å². The lowest BCUT2D eigenvalue weighted by molar-refractivity contribution is 0.306. The minimum Gasteiger partial charge on any atom is -0.489 e. The van der Waals surface area contributed by atoms with Gasteiger partial charge in [-0.25, -0.2) is 4.98 Å². The second kappa shape index (κ2) is 9.04. The Morgan fingerprint density at radius 1 is 1.07 bits per heavy atom. The predicted octanol–water partition coefficient (Wildman–Crippen LogP) is 6.53. The number of nitriles is 1. The van der Waals surface area contributed by atoms with Gasteiger partial charge in [0.1, 0.15) is 12.4 Å². The van der Waals surface area contributed by atoms with Crippen molar-refractivity contribution in [3.05, 3.63) is 99.8 Å². The largest absolute Gasteiger partial charge is 0.489 e. The molecule has 4 aromatic rings. The Hall–Kier alpha value is -3.26. The van der Waals surface area contributed by atoms with Crippen LogP contribution in [-0.2, 0) is 13.2 Å². The quantitative estimate of drug-likeness (QED) is 0.324. The molecule has 0 aliphatic heterocycles. The number of para-hydroxylation sites is 2. The van der Waals surface area contributed by atoms with E-state index in [9.17, 15) is 5.26 Å². The Balaban J connectivity index is 1.50. The van der Waals surface area contributed by atoms with Gasteiger partial charge in [0.15, 0.2) is 0 Å². The van der Waals surface area contributed by atoms with Gasteiger partial charge in [-0.3, -0.25) is 0 Å². The van der Waals surface area contributed by atoms with E-state index in [1.54, 1.807) is 18.5 Å². The summed E-state index contributed by atoms with van der Waals surface area (Å²) in [5.41, 5.74) is 4.26. The number of hydrogen-bond donors (Lipinski definition) is 0. The molecule has 0 radical (unpaired) electrons. The molecule has 4 rings (SSSR count). The smallest absolute Gasteiger partial charge is 0.120 e. The average molecular weight is 434 g/mol. The standard InChI is InChI=1S/C24H17Cl2N3O/c25-20-9-8-19(22(26)12-20)15-30-21-5-3-4-17(11-21)10-18(13-27)14-29-16-28-23-6-1-2-7-24(23)29/h1-12,16H,14-15H2/b18-10-. The summed E-state index contributed by atoms with van der Waals surface area (Å²) < 4.78 is 7.84. The molecule has 0 aliphatic rings. The van der Waals surface area contributed by atoms with E-state index in [0.29, 0.717) is 34.5 Å². The molecule has 3 aromatic carbocycles. The maximum atomic E-state index is 9.62. The molecule has 0 N–H and O–H groups in total. The summed E-state index contributed by atoms with van der Waals surface area (Å²) >= 11 is 12.1. The number of imidazole rings is 1. The van der Waals surface area contributed by atoms with Crippen LogP contribution >= 0.6 is 23.2 Å². The van der Waals surface area contributed by atoms with Crippen LogP contribution in [0.4, 0.5) is 0 Å². The van der Waals surface area contributed by atoms with Gasteiger partial charge in [0, 0.05) is 21.2 Å². The molecule has 6 heteroatoms. The monoisotopic (exact) mass is 433 g/mol. The Morgan fingerprint density at radius 2 is 1.93 bits per heavy atom. The number of halogens is 2. The molecule has 0 bridgehead atoms. The van der Waals surface area contributed by atoms with Crippen molar-refractivity contribution in [1.82, 2.24) is 9.55 Å². The van der Waals surface area contributed by atoms with E-state index in [1.807, 2.05) is 65.2 Å². The summed E-state index contributed by atoms with van der Waals surface area (Å²) in [5, 5.41) is 10.8. The highest BCUT2D eigenvalue weighted by Crippen LogP contribution is 2.24. The normalized spacial score (nSPS) is 11.4. The topological polar surface area (TPSA) is 50.8 Å². The van der Waals surface area contributed by atoms with Crippen molar-refractivity contribution in [1.29, 1.82) is 5.26 Å². The molecule has 148 valence electrons. The molecule has 0 unspecified atom stereocenters. The van der Waals surface area contributed by atoms with Gasteiger partial charge in [-0.2, -0.15) is 5.26 Å². The third kappa shape index (κ3) is 4.65. The SMILES string of the molecule is N#C/C(=C/c1cccc(OCc2ccc(Cl)cc2Cl)c1)Cn1cnc2ccccc21. The maximum Gasteiger partial charge on any atom is 0.120 e. The number of rotatable bonds is 6. The summed E-state index contributed by atoms with van der Waals surface area (Å²) in [6, 6.07) is 23.1. The van der Waals surface area contributed by atoms with Gasteiger partial charge in [0.25, 0.3) is 0 Å². The van der Waals surface area contributed by atoms with E-state index >= 15 is 0 Å². The third-order valence-corrected chi connectivity index (χ3v) is 5.21. The number of fused-ring (bicyclic) bond motifs is 1.